The molecule has 0 unspecified atom stereocenters. The molecule has 12 heavy (non-hydrogen) atoms. The molecule has 2 aromatic rings. The Morgan fingerprint density at radius 3 is 2.83 bits per heavy atom. The SMILES string of the molecule is Cc1cnc(-c2ccn(C)n2)o1. The van der Waals surface area contributed by atoms with Gasteiger partial charge in [-0.25, -0.2) is 4.98 Å². The molecule has 0 saturated heterocycles. The Morgan fingerprint density at radius 2 is 2.33 bits per heavy atom. The molecule has 4 nitrogen and oxygen atoms in total. The van der Waals surface area contributed by atoms with Gasteiger partial charge >= 0.3 is 0 Å². The predicted molar refractivity (Wildman–Crippen MR) is 43.4 cm³/mol. The average molecular weight is 163 g/mol. The van der Waals surface area contributed by atoms with E-state index in [4.69, 9.17) is 4.42 Å². The Hall–Kier alpha value is -1.58. The average Bonchev–Trinajstić information content (AvgIpc) is 2.58. The van der Waals surface area contributed by atoms with Crippen LogP contribution in [0.2, 0.25) is 0 Å². The third-order valence-corrected chi connectivity index (χ3v) is 1.55. The van der Waals surface area contributed by atoms with Gasteiger partial charge in [0, 0.05) is 13.2 Å². The number of rotatable bonds is 1. The topological polar surface area (TPSA) is 43.9 Å². The zero-order chi connectivity index (χ0) is 8.55. The highest BCUT2D eigenvalue weighted by Gasteiger charge is 2.05. The van der Waals surface area contributed by atoms with E-state index in [0.29, 0.717) is 5.89 Å². The number of oxazole rings is 1. The van der Waals surface area contributed by atoms with Crippen LogP contribution in [0.15, 0.2) is 22.9 Å². The van der Waals surface area contributed by atoms with E-state index in [2.05, 4.69) is 10.1 Å². The van der Waals surface area contributed by atoms with Crippen LogP contribution in [0.5, 0.6) is 0 Å². The van der Waals surface area contributed by atoms with E-state index >= 15 is 0 Å². The largest absolute Gasteiger partial charge is 0.440 e. The molecule has 0 aliphatic carbocycles. The minimum Gasteiger partial charge on any atom is -0.440 e. The Balaban J connectivity index is 2.43. The summed E-state index contributed by atoms with van der Waals surface area (Å²) in [5.74, 6) is 1.38. The van der Waals surface area contributed by atoms with Crippen molar-refractivity contribution in [1.82, 2.24) is 14.8 Å². The lowest BCUT2D eigenvalue weighted by Crippen LogP contribution is -1.87. The Morgan fingerprint density at radius 1 is 1.50 bits per heavy atom. The molecule has 0 N–H and O–H groups in total. The summed E-state index contributed by atoms with van der Waals surface area (Å²) in [4.78, 5) is 4.06. The minimum absolute atomic E-state index is 0.577. The van der Waals surface area contributed by atoms with Gasteiger partial charge in [-0.2, -0.15) is 5.10 Å². The number of aromatic nitrogens is 3. The van der Waals surface area contributed by atoms with Gasteiger partial charge in [0.05, 0.1) is 6.20 Å². The van der Waals surface area contributed by atoms with Crippen molar-refractivity contribution in [3.8, 4) is 11.6 Å². The van der Waals surface area contributed by atoms with Gasteiger partial charge in [0.15, 0.2) is 0 Å². The molecule has 0 radical (unpaired) electrons. The highest BCUT2D eigenvalue weighted by molar-refractivity contribution is 5.45. The van der Waals surface area contributed by atoms with E-state index < -0.39 is 0 Å². The molecule has 2 heterocycles. The van der Waals surface area contributed by atoms with Crippen molar-refractivity contribution in [2.24, 2.45) is 7.05 Å². The van der Waals surface area contributed by atoms with Gasteiger partial charge in [-0.05, 0) is 13.0 Å². The standard InChI is InChI=1S/C8H9N3O/c1-6-5-9-8(12-6)7-3-4-11(2)10-7/h3-5H,1-2H3. The van der Waals surface area contributed by atoms with Crippen LogP contribution in [0.3, 0.4) is 0 Å². The lowest BCUT2D eigenvalue weighted by molar-refractivity contribution is 0.539. The van der Waals surface area contributed by atoms with Crippen molar-refractivity contribution in [2.75, 3.05) is 0 Å². The van der Waals surface area contributed by atoms with Crippen molar-refractivity contribution in [1.29, 1.82) is 0 Å². The summed E-state index contributed by atoms with van der Waals surface area (Å²) >= 11 is 0. The second-order valence-corrected chi connectivity index (χ2v) is 2.65. The number of nitrogens with zero attached hydrogens (tertiary/aromatic N) is 3. The van der Waals surface area contributed by atoms with Crippen molar-refractivity contribution in [2.45, 2.75) is 6.92 Å². The van der Waals surface area contributed by atoms with Crippen molar-refractivity contribution >= 4 is 0 Å². The van der Waals surface area contributed by atoms with E-state index in [9.17, 15) is 0 Å². The smallest absolute Gasteiger partial charge is 0.247 e. The Kier molecular flexibility index (Phi) is 1.46. The molecule has 0 bridgehead atoms. The van der Waals surface area contributed by atoms with Gasteiger partial charge in [0.25, 0.3) is 0 Å². The first-order valence-electron chi connectivity index (χ1n) is 3.68. The van der Waals surface area contributed by atoms with Crippen LogP contribution in [0, 0.1) is 6.92 Å². The molecule has 0 aromatic carbocycles. The van der Waals surface area contributed by atoms with Gasteiger partial charge in [0.2, 0.25) is 5.89 Å². The van der Waals surface area contributed by atoms with Crippen LogP contribution in [0.1, 0.15) is 5.76 Å². The maximum atomic E-state index is 5.30. The van der Waals surface area contributed by atoms with Gasteiger partial charge < -0.3 is 4.42 Å². The molecular weight excluding hydrogens is 154 g/mol. The third-order valence-electron chi connectivity index (χ3n) is 1.55. The highest BCUT2D eigenvalue weighted by atomic mass is 16.4. The second kappa shape index (κ2) is 2.48. The fourth-order valence-electron chi connectivity index (χ4n) is 1.00. The summed E-state index contributed by atoms with van der Waals surface area (Å²) in [5.41, 5.74) is 0.769. The quantitative estimate of drug-likeness (QED) is 0.638. The normalized spacial score (nSPS) is 10.5. The van der Waals surface area contributed by atoms with Crippen molar-refractivity contribution in [3.63, 3.8) is 0 Å². The van der Waals surface area contributed by atoms with E-state index in [-0.39, 0.29) is 0 Å². The minimum atomic E-state index is 0.577. The molecule has 0 aliphatic heterocycles. The molecule has 0 amide bonds. The lowest BCUT2D eigenvalue weighted by Gasteiger charge is -1.86. The maximum absolute atomic E-state index is 5.30. The van der Waals surface area contributed by atoms with E-state index in [1.54, 1.807) is 10.9 Å². The number of hydrogen-bond acceptors (Lipinski definition) is 3. The van der Waals surface area contributed by atoms with Gasteiger partial charge in [-0.3, -0.25) is 4.68 Å². The first-order valence-corrected chi connectivity index (χ1v) is 3.68. The summed E-state index contributed by atoms with van der Waals surface area (Å²) in [6.07, 6.45) is 3.54. The molecule has 0 saturated carbocycles. The fraction of sp³-hybridized carbons (Fsp3) is 0.250. The second-order valence-electron chi connectivity index (χ2n) is 2.65. The molecule has 2 rings (SSSR count). The molecule has 62 valence electrons. The molecular formula is C8H9N3O. The lowest BCUT2D eigenvalue weighted by atomic mass is 10.4. The van der Waals surface area contributed by atoms with Crippen LogP contribution in [-0.4, -0.2) is 14.8 Å². The van der Waals surface area contributed by atoms with E-state index in [1.165, 1.54) is 0 Å². The summed E-state index contributed by atoms with van der Waals surface area (Å²) in [6.45, 7) is 1.86. The van der Waals surface area contributed by atoms with Gasteiger partial charge in [-0.1, -0.05) is 0 Å². The van der Waals surface area contributed by atoms with Gasteiger partial charge in [-0.15, -0.1) is 0 Å². The van der Waals surface area contributed by atoms with E-state index in [0.717, 1.165) is 11.5 Å². The third kappa shape index (κ3) is 1.11. The maximum Gasteiger partial charge on any atom is 0.247 e. The first kappa shape index (κ1) is 7.09. The zero-order valence-electron chi connectivity index (χ0n) is 6.98. The van der Waals surface area contributed by atoms with Crippen LogP contribution in [0.25, 0.3) is 11.6 Å². The fourth-order valence-corrected chi connectivity index (χ4v) is 1.00. The molecule has 0 spiro atoms. The van der Waals surface area contributed by atoms with Crippen LogP contribution in [0.4, 0.5) is 0 Å². The number of hydrogen-bond donors (Lipinski definition) is 0. The monoisotopic (exact) mass is 163 g/mol. The van der Waals surface area contributed by atoms with Crippen molar-refractivity contribution < 1.29 is 4.42 Å². The molecule has 4 heteroatoms. The number of aryl methyl sites for hydroxylation is 2. The summed E-state index contributed by atoms with van der Waals surface area (Å²) in [5, 5.41) is 4.15. The van der Waals surface area contributed by atoms with Crippen LogP contribution in [-0.2, 0) is 7.05 Å². The molecule has 0 atom stereocenters. The van der Waals surface area contributed by atoms with Crippen LogP contribution >= 0.6 is 0 Å². The van der Waals surface area contributed by atoms with Gasteiger partial charge in [0.1, 0.15) is 11.5 Å². The molecule has 0 aliphatic rings. The summed E-state index contributed by atoms with van der Waals surface area (Å²) in [7, 11) is 1.86. The Bertz CT molecular complexity index is 350. The molecule has 0 fully saturated rings. The Labute approximate surface area is 69.8 Å². The predicted octanol–water partition coefficient (Wildman–Crippen LogP) is 1.38. The summed E-state index contributed by atoms with van der Waals surface area (Å²) in [6, 6.07) is 1.87. The van der Waals surface area contributed by atoms with Crippen LogP contribution < -0.4 is 0 Å². The van der Waals surface area contributed by atoms with Crippen molar-refractivity contribution in [3.05, 3.63) is 24.2 Å². The first-order chi connectivity index (χ1) is 5.75. The zero-order valence-corrected chi connectivity index (χ0v) is 6.98. The molecule has 2 aromatic heterocycles. The highest BCUT2D eigenvalue weighted by Crippen LogP contribution is 2.15. The van der Waals surface area contributed by atoms with E-state index in [1.807, 2.05) is 26.2 Å². The summed E-state index contributed by atoms with van der Waals surface area (Å²) < 4.78 is 7.01.